The first kappa shape index (κ1) is 17.0. The van der Waals surface area contributed by atoms with Gasteiger partial charge in [-0.05, 0) is 59.9 Å². The number of aliphatic carboxylic acids is 1. The maximum Gasteiger partial charge on any atom is 0.314 e. The van der Waals surface area contributed by atoms with Crippen molar-refractivity contribution in [2.24, 2.45) is 0 Å². The van der Waals surface area contributed by atoms with Crippen LogP contribution >= 0.6 is 0 Å². The fourth-order valence-corrected chi connectivity index (χ4v) is 3.35. The van der Waals surface area contributed by atoms with Gasteiger partial charge in [0, 0.05) is 6.42 Å². The van der Waals surface area contributed by atoms with Gasteiger partial charge in [-0.2, -0.15) is 0 Å². The van der Waals surface area contributed by atoms with Crippen molar-refractivity contribution in [1.29, 1.82) is 0 Å². The van der Waals surface area contributed by atoms with Crippen LogP contribution in [0.15, 0.2) is 48.0 Å². The van der Waals surface area contributed by atoms with Crippen LogP contribution in [0.2, 0.25) is 0 Å². The summed E-state index contributed by atoms with van der Waals surface area (Å²) in [5.41, 5.74) is 0.0333. The molecule has 1 atom stereocenters. The second kappa shape index (κ2) is 6.24. The third-order valence-corrected chi connectivity index (χ3v) is 4.72. The topological polar surface area (TPSA) is 54.4 Å². The molecule has 0 saturated heterocycles. The van der Waals surface area contributed by atoms with E-state index in [0.717, 1.165) is 0 Å². The predicted molar refractivity (Wildman–Crippen MR) is 89.1 cm³/mol. The number of carboxylic acid groups (broad SMARTS) is 1. The number of carboxylic acids is 1. The summed E-state index contributed by atoms with van der Waals surface area (Å²) < 4.78 is 26.9. The minimum atomic E-state index is -1.48. The molecule has 1 aliphatic rings. The first-order valence-corrected chi connectivity index (χ1v) is 7.82. The molecule has 2 aromatic rings. The fraction of sp³-hybridized carbons (Fsp3) is 0.200. The normalized spacial score (nSPS) is 21.7. The van der Waals surface area contributed by atoms with Crippen LogP contribution in [0.5, 0.6) is 0 Å². The van der Waals surface area contributed by atoms with Crippen molar-refractivity contribution in [2.45, 2.75) is 25.2 Å². The molecule has 1 saturated carbocycles. The molecule has 1 fully saturated rings. The lowest BCUT2D eigenvalue weighted by molar-refractivity contribution is -0.144. The van der Waals surface area contributed by atoms with Crippen LogP contribution < -0.4 is 0 Å². The quantitative estimate of drug-likeness (QED) is 0.857. The van der Waals surface area contributed by atoms with E-state index in [-0.39, 0.29) is 24.2 Å². The van der Waals surface area contributed by atoms with Gasteiger partial charge in [-0.25, -0.2) is 8.78 Å². The molecular weight excluding hydrogens is 326 g/mol. The van der Waals surface area contributed by atoms with Crippen molar-refractivity contribution >= 4 is 17.8 Å². The minimum Gasteiger partial charge on any atom is -0.481 e. The number of Topliss-reactive ketones (excluding diaryl/α,β-unsaturated/α-hetero) is 1. The highest BCUT2D eigenvalue weighted by molar-refractivity contribution is 6.07. The molecule has 2 aromatic carbocycles. The Labute approximate surface area is 143 Å². The molecule has 0 spiro atoms. The number of halogens is 2. The smallest absolute Gasteiger partial charge is 0.314 e. The molecule has 1 aliphatic carbocycles. The van der Waals surface area contributed by atoms with Crippen LogP contribution in [0.25, 0.3) is 6.08 Å². The third-order valence-electron chi connectivity index (χ3n) is 4.72. The summed E-state index contributed by atoms with van der Waals surface area (Å²) in [5.74, 6) is -2.34. The van der Waals surface area contributed by atoms with Crippen LogP contribution in [0.1, 0.15) is 29.5 Å². The molecule has 0 radical (unpaired) electrons. The summed E-state index contributed by atoms with van der Waals surface area (Å²) in [6.45, 7) is 1.52. The number of rotatable bonds is 3. The Hall–Kier alpha value is -2.82. The van der Waals surface area contributed by atoms with Gasteiger partial charge in [0.1, 0.15) is 17.0 Å². The molecular formula is C20H16F2O3. The molecule has 3 nitrogen and oxygen atoms in total. The molecule has 1 N–H and O–H groups in total. The Morgan fingerprint density at radius 1 is 1.12 bits per heavy atom. The van der Waals surface area contributed by atoms with Crippen LogP contribution in [0.3, 0.4) is 0 Å². The molecule has 0 bridgehead atoms. The summed E-state index contributed by atoms with van der Waals surface area (Å²) in [5, 5.41) is 9.82. The number of ketones is 1. The lowest BCUT2D eigenvalue weighted by Crippen LogP contribution is -2.34. The molecule has 5 heteroatoms. The van der Waals surface area contributed by atoms with Gasteiger partial charge < -0.3 is 5.11 Å². The molecule has 0 aromatic heterocycles. The number of allylic oxidation sites excluding steroid dienone is 1. The first-order chi connectivity index (χ1) is 11.8. The van der Waals surface area contributed by atoms with E-state index < -0.39 is 23.0 Å². The Morgan fingerprint density at radius 3 is 2.44 bits per heavy atom. The van der Waals surface area contributed by atoms with Gasteiger partial charge in [0.15, 0.2) is 5.78 Å². The molecule has 0 amide bonds. The van der Waals surface area contributed by atoms with E-state index in [1.54, 1.807) is 12.1 Å². The average Bonchev–Trinajstić information content (AvgIpc) is 2.90. The highest BCUT2D eigenvalue weighted by atomic mass is 19.1. The van der Waals surface area contributed by atoms with Gasteiger partial charge in [-0.15, -0.1) is 0 Å². The van der Waals surface area contributed by atoms with Crippen molar-refractivity contribution in [2.75, 3.05) is 0 Å². The number of benzene rings is 2. The maximum absolute atomic E-state index is 13.9. The fourth-order valence-electron chi connectivity index (χ4n) is 3.35. The Bertz CT molecular complexity index is 884. The summed E-state index contributed by atoms with van der Waals surface area (Å²) >= 11 is 0. The first-order valence-electron chi connectivity index (χ1n) is 7.82. The van der Waals surface area contributed by atoms with Crippen LogP contribution in [0, 0.1) is 18.6 Å². The lowest BCUT2D eigenvalue weighted by atomic mass is 9.76. The summed E-state index contributed by atoms with van der Waals surface area (Å²) in [4.78, 5) is 24.5. The molecule has 0 heterocycles. The van der Waals surface area contributed by atoms with Gasteiger partial charge in [-0.1, -0.05) is 24.3 Å². The Balaban J connectivity index is 2.06. The predicted octanol–water partition coefficient (Wildman–Crippen LogP) is 4.04. The van der Waals surface area contributed by atoms with E-state index in [2.05, 4.69) is 0 Å². The van der Waals surface area contributed by atoms with E-state index in [4.69, 9.17) is 0 Å². The zero-order valence-corrected chi connectivity index (χ0v) is 13.6. The number of hydrogen-bond donors (Lipinski definition) is 1. The molecule has 1 unspecified atom stereocenters. The van der Waals surface area contributed by atoms with E-state index in [0.29, 0.717) is 16.7 Å². The highest BCUT2D eigenvalue weighted by Crippen LogP contribution is 2.44. The molecule has 128 valence electrons. The van der Waals surface area contributed by atoms with Gasteiger partial charge in [0.25, 0.3) is 0 Å². The SMILES string of the molecule is Cc1c(F)cccc1C1(C(=O)O)CC(=O)/C(=C/c2ccc(F)cc2)C1. The average molecular weight is 342 g/mol. The van der Waals surface area contributed by atoms with Crippen molar-refractivity contribution in [1.82, 2.24) is 0 Å². The summed E-state index contributed by atoms with van der Waals surface area (Å²) in [6, 6.07) is 9.85. The van der Waals surface area contributed by atoms with Crippen molar-refractivity contribution in [3.63, 3.8) is 0 Å². The minimum absolute atomic E-state index is 0.0250. The number of carbonyl (C=O) groups is 2. The zero-order valence-electron chi connectivity index (χ0n) is 13.6. The zero-order chi connectivity index (χ0) is 18.2. The standard InChI is InChI=1S/C20H16F2O3/c1-12-16(3-2-4-17(12)22)20(19(24)25)10-14(18(23)11-20)9-13-5-7-15(21)8-6-13/h2-9H,10-11H2,1H3,(H,24,25)/b14-9+. The van der Waals surface area contributed by atoms with Crippen molar-refractivity contribution < 1.29 is 23.5 Å². The van der Waals surface area contributed by atoms with Gasteiger partial charge >= 0.3 is 5.97 Å². The van der Waals surface area contributed by atoms with E-state index >= 15 is 0 Å². The van der Waals surface area contributed by atoms with Gasteiger partial charge in [-0.3, -0.25) is 9.59 Å². The summed E-state index contributed by atoms with van der Waals surface area (Å²) in [6.07, 6.45) is 1.32. The van der Waals surface area contributed by atoms with Gasteiger partial charge in [0.2, 0.25) is 0 Å². The molecule has 0 aliphatic heterocycles. The molecule has 25 heavy (non-hydrogen) atoms. The largest absolute Gasteiger partial charge is 0.481 e. The van der Waals surface area contributed by atoms with Crippen molar-refractivity contribution in [3.05, 3.63) is 76.4 Å². The number of carbonyl (C=O) groups excluding carboxylic acids is 1. The summed E-state index contributed by atoms with van der Waals surface area (Å²) in [7, 11) is 0. The third kappa shape index (κ3) is 2.97. The lowest BCUT2D eigenvalue weighted by Gasteiger charge is -2.25. The van der Waals surface area contributed by atoms with E-state index in [1.165, 1.54) is 43.3 Å². The second-order valence-corrected chi connectivity index (χ2v) is 6.30. The van der Waals surface area contributed by atoms with E-state index in [9.17, 15) is 23.5 Å². The number of hydrogen-bond acceptors (Lipinski definition) is 2. The van der Waals surface area contributed by atoms with Crippen LogP contribution in [-0.2, 0) is 15.0 Å². The van der Waals surface area contributed by atoms with Gasteiger partial charge in [0.05, 0.1) is 0 Å². The molecule has 3 rings (SSSR count). The monoisotopic (exact) mass is 342 g/mol. The Kier molecular flexibility index (Phi) is 4.25. The highest BCUT2D eigenvalue weighted by Gasteiger charge is 2.50. The van der Waals surface area contributed by atoms with Crippen molar-refractivity contribution in [3.8, 4) is 0 Å². The van der Waals surface area contributed by atoms with Crippen LogP contribution in [0.4, 0.5) is 8.78 Å². The van der Waals surface area contributed by atoms with Crippen LogP contribution in [-0.4, -0.2) is 16.9 Å². The Morgan fingerprint density at radius 2 is 1.80 bits per heavy atom. The maximum atomic E-state index is 13.9. The second-order valence-electron chi connectivity index (χ2n) is 6.30. The van der Waals surface area contributed by atoms with E-state index in [1.807, 2.05) is 0 Å².